The van der Waals surface area contributed by atoms with Crippen molar-refractivity contribution in [1.82, 2.24) is 0 Å². The van der Waals surface area contributed by atoms with Crippen LogP contribution in [0.5, 0.6) is 0 Å². The van der Waals surface area contributed by atoms with Crippen molar-refractivity contribution in [2.75, 3.05) is 14.2 Å². The van der Waals surface area contributed by atoms with Crippen molar-refractivity contribution in [2.24, 2.45) is 23.2 Å². The Bertz CT molecular complexity index is 346. The summed E-state index contributed by atoms with van der Waals surface area (Å²) in [5.74, 6) is 1.31. The number of methoxy groups -OCH3 is 2. The second-order valence-corrected chi connectivity index (χ2v) is 5.95. The average Bonchev–Trinajstić information content (AvgIpc) is 2.69. The van der Waals surface area contributed by atoms with Crippen molar-refractivity contribution in [3.8, 4) is 0 Å². The van der Waals surface area contributed by atoms with Crippen molar-refractivity contribution in [3.63, 3.8) is 0 Å². The third kappa shape index (κ3) is 2.04. The molecule has 0 aromatic heterocycles. The molecule has 0 bridgehead atoms. The van der Waals surface area contributed by atoms with E-state index >= 15 is 0 Å². The van der Waals surface area contributed by atoms with Crippen LogP contribution in [0.2, 0.25) is 0 Å². The van der Waals surface area contributed by atoms with E-state index in [9.17, 15) is 4.79 Å². The number of ether oxygens (including phenoxy) is 2. The largest absolute Gasteiger partial charge is 0.356 e. The lowest BCUT2D eigenvalue weighted by Crippen LogP contribution is -2.41. The molecule has 0 spiro atoms. The zero-order valence-electron chi connectivity index (χ0n) is 11.8. The van der Waals surface area contributed by atoms with E-state index in [-0.39, 0.29) is 17.6 Å². The average molecular weight is 252 g/mol. The monoisotopic (exact) mass is 252 g/mol. The fourth-order valence-electron chi connectivity index (χ4n) is 4.15. The Kier molecular flexibility index (Phi) is 3.93. The molecule has 3 nitrogen and oxygen atoms in total. The molecule has 0 aromatic rings. The highest BCUT2D eigenvalue weighted by Crippen LogP contribution is 2.55. The van der Waals surface area contributed by atoms with E-state index in [1.807, 2.05) is 6.08 Å². The maximum Gasteiger partial charge on any atom is 0.159 e. The summed E-state index contributed by atoms with van der Waals surface area (Å²) in [4.78, 5) is 12.0. The quantitative estimate of drug-likeness (QED) is 0.722. The highest BCUT2D eigenvalue weighted by molar-refractivity contribution is 5.93. The zero-order chi connectivity index (χ0) is 13.3. The summed E-state index contributed by atoms with van der Waals surface area (Å²) in [6, 6.07) is 0. The summed E-state index contributed by atoms with van der Waals surface area (Å²) in [6.07, 6.45) is 6.74. The number of carbonyl (C=O) groups is 1. The van der Waals surface area contributed by atoms with Gasteiger partial charge >= 0.3 is 0 Å². The Morgan fingerprint density at radius 1 is 1.33 bits per heavy atom. The number of hydrogen-bond acceptors (Lipinski definition) is 3. The van der Waals surface area contributed by atoms with Crippen molar-refractivity contribution < 1.29 is 14.3 Å². The number of ketones is 1. The summed E-state index contributed by atoms with van der Waals surface area (Å²) in [6.45, 7) is 4.44. The Hall–Kier alpha value is -0.670. The van der Waals surface area contributed by atoms with Crippen LogP contribution in [0.1, 0.15) is 33.1 Å². The zero-order valence-corrected chi connectivity index (χ0v) is 11.8. The molecule has 0 radical (unpaired) electrons. The first kappa shape index (κ1) is 13.8. The first-order valence-corrected chi connectivity index (χ1v) is 6.80. The second kappa shape index (κ2) is 5.14. The lowest BCUT2D eigenvalue weighted by molar-refractivity contribution is -0.156. The third-order valence-corrected chi connectivity index (χ3v) is 5.12. The Labute approximate surface area is 110 Å². The molecule has 2 aliphatic carbocycles. The van der Waals surface area contributed by atoms with Gasteiger partial charge in [0.05, 0.1) is 0 Å². The van der Waals surface area contributed by atoms with Crippen LogP contribution in [0, 0.1) is 23.2 Å². The number of hydrogen-bond donors (Lipinski definition) is 0. The fourth-order valence-corrected chi connectivity index (χ4v) is 4.15. The Balaban J connectivity index is 2.20. The van der Waals surface area contributed by atoms with E-state index in [0.717, 1.165) is 19.3 Å². The molecule has 3 heteroatoms. The van der Waals surface area contributed by atoms with Gasteiger partial charge in [0.25, 0.3) is 0 Å². The Morgan fingerprint density at radius 2 is 2.00 bits per heavy atom. The van der Waals surface area contributed by atoms with Crippen molar-refractivity contribution in [1.29, 1.82) is 0 Å². The summed E-state index contributed by atoms with van der Waals surface area (Å²) < 4.78 is 10.8. The van der Waals surface area contributed by atoms with Crippen LogP contribution < -0.4 is 0 Å². The van der Waals surface area contributed by atoms with Gasteiger partial charge in [-0.1, -0.05) is 19.9 Å². The fraction of sp³-hybridized carbons (Fsp3) is 0.800. The van der Waals surface area contributed by atoms with Crippen molar-refractivity contribution in [3.05, 3.63) is 12.2 Å². The summed E-state index contributed by atoms with van der Waals surface area (Å²) in [5.41, 5.74) is 0.0839. The number of allylic oxidation sites excluding steroid dienone is 2. The number of rotatable bonds is 4. The van der Waals surface area contributed by atoms with Crippen LogP contribution in [0.25, 0.3) is 0 Å². The molecular weight excluding hydrogens is 228 g/mol. The highest BCUT2D eigenvalue weighted by Gasteiger charge is 2.52. The predicted octanol–water partition coefficient (Wildman–Crippen LogP) is 2.80. The van der Waals surface area contributed by atoms with Gasteiger partial charge in [-0.05, 0) is 36.7 Å². The van der Waals surface area contributed by atoms with Crippen LogP contribution in [0.15, 0.2) is 12.2 Å². The molecule has 102 valence electrons. The first-order chi connectivity index (χ1) is 8.54. The number of fused-ring (bicyclic) bond motifs is 1. The minimum atomic E-state index is -0.174. The van der Waals surface area contributed by atoms with Gasteiger partial charge in [-0.3, -0.25) is 4.79 Å². The standard InChI is InChI=1S/C15H24O3/c1-10(14(17-3)18-4)11-7-8-12-13(16)6-5-9-15(11,12)2/h5-6,10-12,14H,7-9H2,1-4H3/t10-,11+,12-,15+/m0/s1. The second-order valence-electron chi connectivity index (χ2n) is 5.95. The molecule has 0 aliphatic heterocycles. The van der Waals surface area contributed by atoms with Gasteiger partial charge < -0.3 is 9.47 Å². The van der Waals surface area contributed by atoms with Gasteiger partial charge in [-0.25, -0.2) is 0 Å². The van der Waals surface area contributed by atoms with Gasteiger partial charge in [0.15, 0.2) is 12.1 Å². The lowest BCUT2D eigenvalue weighted by Gasteiger charge is -2.41. The van der Waals surface area contributed by atoms with Gasteiger partial charge in [0.2, 0.25) is 0 Å². The van der Waals surface area contributed by atoms with Crippen LogP contribution in [0.3, 0.4) is 0 Å². The summed E-state index contributed by atoms with van der Waals surface area (Å²) >= 11 is 0. The maximum absolute atomic E-state index is 12.0. The molecule has 18 heavy (non-hydrogen) atoms. The van der Waals surface area contributed by atoms with E-state index in [4.69, 9.17) is 9.47 Å². The molecule has 1 fully saturated rings. The van der Waals surface area contributed by atoms with Crippen molar-refractivity contribution in [2.45, 2.75) is 39.4 Å². The van der Waals surface area contributed by atoms with E-state index < -0.39 is 0 Å². The normalized spacial score (nSPS) is 37.1. The van der Waals surface area contributed by atoms with Crippen LogP contribution in [0.4, 0.5) is 0 Å². The molecule has 2 aliphatic rings. The topological polar surface area (TPSA) is 35.5 Å². The molecule has 4 atom stereocenters. The summed E-state index contributed by atoms with van der Waals surface area (Å²) in [7, 11) is 3.37. The van der Waals surface area contributed by atoms with Gasteiger partial charge in [-0.15, -0.1) is 0 Å². The molecule has 0 aromatic carbocycles. The lowest BCUT2D eigenvalue weighted by atomic mass is 9.64. The molecule has 0 N–H and O–H groups in total. The van der Waals surface area contributed by atoms with Crippen LogP contribution in [-0.2, 0) is 14.3 Å². The van der Waals surface area contributed by atoms with Gasteiger partial charge in [-0.2, -0.15) is 0 Å². The summed E-state index contributed by atoms with van der Waals surface area (Å²) in [5, 5.41) is 0. The Morgan fingerprint density at radius 3 is 2.61 bits per heavy atom. The van der Waals surface area contributed by atoms with Gasteiger partial charge in [0.1, 0.15) is 0 Å². The highest BCUT2D eigenvalue weighted by atomic mass is 16.7. The van der Waals surface area contributed by atoms with E-state index in [2.05, 4.69) is 13.8 Å². The predicted molar refractivity (Wildman–Crippen MR) is 70.1 cm³/mol. The van der Waals surface area contributed by atoms with E-state index in [1.165, 1.54) is 0 Å². The molecule has 0 heterocycles. The van der Waals surface area contributed by atoms with Crippen LogP contribution >= 0.6 is 0 Å². The molecule has 2 rings (SSSR count). The van der Waals surface area contributed by atoms with Crippen molar-refractivity contribution >= 4 is 5.78 Å². The third-order valence-electron chi connectivity index (χ3n) is 5.12. The SMILES string of the molecule is COC(OC)[C@@H](C)[C@H]1CC[C@H]2C(=O)C=CC[C@]12C. The molecule has 0 amide bonds. The smallest absolute Gasteiger partial charge is 0.159 e. The number of carbonyl (C=O) groups excluding carboxylic acids is 1. The van der Waals surface area contributed by atoms with E-state index in [1.54, 1.807) is 20.3 Å². The molecule has 0 unspecified atom stereocenters. The first-order valence-electron chi connectivity index (χ1n) is 6.80. The van der Waals surface area contributed by atoms with Crippen LogP contribution in [-0.4, -0.2) is 26.3 Å². The minimum absolute atomic E-state index is 0.0839. The minimum Gasteiger partial charge on any atom is -0.356 e. The van der Waals surface area contributed by atoms with Gasteiger partial charge in [0, 0.05) is 26.1 Å². The maximum atomic E-state index is 12.0. The molecule has 0 saturated heterocycles. The van der Waals surface area contributed by atoms with E-state index in [0.29, 0.717) is 17.6 Å². The molecular formula is C15H24O3. The molecule has 1 saturated carbocycles.